The van der Waals surface area contributed by atoms with Gasteiger partial charge >= 0.3 is 5.97 Å². The van der Waals surface area contributed by atoms with Gasteiger partial charge in [0, 0.05) is 6.04 Å². The van der Waals surface area contributed by atoms with Crippen molar-refractivity contribution in [2.45, 2.75) is 19.4 Å². The van der Waals surface area contributed by atoms with Gasteiger partial charge in [-0.3, -0.25) is 0 Å². The number of carbonyl (C=O) groups excluding carboxylic acids is 1. The van der Waals surface area contributed by atoms with Gasteiger partial charge in [-0.15, -0.1) is 0 Å². The number of carbonyl (C=O) groups is 1. The second-order valence-electron chi connectivity index (χ2n) is 3.52. The zero-order chi connectivity index (χ0) is 11.4. The number of methoxy groups -OCH3 is 1. The predicted octanol–water partition coefficient (Wildman–Crippen LogP) is 1.07. The average Bonchev–Trinajstić information content (AvgIpc) is 2.19. The summed E-state index contributed by atoms with van der Waals surface area (Å²) in [5, 5.41) is 9.44. The monoisotopic (exact) mass is 209 g/mol. The number of hydrogen-bond donors (Lipinski definition) is 2. The lowest BCUT2D eigenvalue weighted by atomic mass is 10.0. The first kappa shape index (κ1) is 11.5. The summed E-state index contributed by atoms with van der Waals surface area (Å²) in [6, 6.07) is 4.83. The van der Waals surface area contributed by atoms with Gasteiger partial charge in [0.05, 0.1) is 7.11 Å². The Bertz CT molecular complexity index is 361. The molecule has 1 aromatic carbocycles. The number of ether oxygens (including phenoxy) is 1. The van der Waals surface area contributed by atoms with Gasteiger partial charge in [-0.25, -0.2) is 4.79 Å². The maximum absolute atomic E-state index is 11.3. The lowest BCUT2D eigenvalue weighted by molar-refractivity contribution is 0.0597. The molecule has 0 unspecified atom stereocenters. The van der Waals surface area contributed by atoms with E-state index in [1.807, 2.05) is 6.92 Å². The first-order valence-corrected chi connectivity index (χ1v) is 4.70. The predicted molar refractivity (Wildman–Crippen MR) is 56.8 cm³/mol. The molecule has 0 aliphatic heterocycles. The fourth-order valence-electron chi connectivity index (χ4n) is 1.36. The van der Waals surface area contributed by atoms with Crippen molar-refractivity contribution in [3.8, 4) is 5.75 Å². The number of nitrogens with two attached hydrogens (primary N) is 1. The quantitative estimate of drug-likeness (QED) is 0.730. The Morgan fingerprint density at radius 1 is 1.60 bits per heavy atom. The Hall–Kier alpha value is -1.55. The largest absolute Gasteiger partial charge is 0.507 e. The molecule has 1 atom stereocenters. The van der Waals surface area contributed by atoms with E-state index in [2.05, 4.69) is 4.74 Å². The number of hydrogen-bond acceptors (Lipinski definition) is 4. The standard InChI is InChI=1S/C11H15NO3/c1-7(12)5-8-3-4-10(13)9(6-8)11(14)15-2/h3-4,6-7,13H,5,12H2,1-2H3/t7-/m0/s1. The van der Waals surface area contributed by atoms with Gasteiger partial charge in [0.15, 0.2) is 0 Å². The molecule has 0 amide bonds. The molecule has 0 heterocycles. The highest BCUT2D eigenvalue weighted by Gasteiger charge is 2.12. The van der Waals surface area contributed by atoms with Crippen LogP contribution in [-0.2, 0) is 11.2 Å². The molecule has 1 rings (SSSR count). The van der Waals surface area contributed by atoms with Crippen molar-refractivity contribution in [3.05, 3.63) is 29.3 Å². The topological polar surface area (TPSA) is 72.5 Å². The summed E-state index contributed by atoms with van der Waals surface area (Å²) < 4.78 is 4.55. The van der Waals surface area contributed by atoms with Crippen molar-refractivity contribution in [2.24, 2.45) is 5.73 Å². The van der Waals surface area contributed by atoms with E-state index in [1.54, 1.807) is 12.1 Å². The van der Waals surface area contributed by atoms with Gasteiger partial charge in [0.1, 0.15) is 11.3 Å². The van der Waals surface area contributed by atoms with Crippen LogP contribution in [0.3, 0.4) is 0 Å². The minimum atomic E-state index is -0.543. The van der Waals surface area contributed by atoms with E-state index in [0.717, 1.165) is 5.56 Å². The number of esters is 1. The summed E-state index contributed by atoms with van der Waals surface area (Å²) in [6.45, 7) is 1.88. The Balaban J connectivity index is 3.00. The van der Waals surface area contributed by atoms with E-state index in [0.29, 0.717) is 6.42 Å². The molecule has 0 fully saturated rings. The van der Waals surface area contributed by atoms with Gasteiger partial charge in [0.2, 0.25) is 0 Å². The average molecular weight is 209 g/mol. The smallest absolute Gasteiger partial charge is 0.341 e. The second-order valence-corrected chi connectivity index (χ2v) is 3.52. The van der Waals surface area contributed by atoms with Crippen LogP contribution in [0.5, 0.6) is 5.75 Å². The Morgan fingerprint density at radius 3 is 2.80 bits per heavy atom. The Morgan fingerprint density at radius 2 is 2.27 bits per heavy atom. The molecule has 0 spiro atoms. The molecule has 4 nitrogen and oxygen atoms in total. The zero-order valence-electron chi connectivity index (χ0n) is 8.86. The van der Waals surface area contributed by atoms with E-state index in [9.17, 15) is 9.90 Å². The van der Waals surface area contributed by atoms with E-state index in [-0.39, 0.29) is 17.4 Å². The van der Waals surface area contributed by atoms with Gasteiger partial charge < -0.3 is 15.6 Å². The molecular formula is C11H15NO3. The van der Waals surface area contributed by atoms with Crippen LogP contribution in [0.15, 0.2) is 18.2 Å². The molecule has 3 N–H and O–H groups in total. The maximum atomic E-state index is 11.3. The van der Waals surface area contributed by atoms with E-state index < -0.39 is 5.97 Å². The van der Waals surface area contributed by atoms with Gasteiger partial charge in [-0.1, -0.05) is 6.07 Å². The lowest BCUT2D eigenvalue weighted by Gasteiger charge is -2.08. The molecule has 1 aromatic rings. The normalized spacial score (nSPS) is 12.2. The molecule has 0 aliphatic carbocycles. The van der Waals surface area contributed by atoms with Gasteiger partial charge in [0.25, 0.3) is 0 Å². The summed E-state index contributed by atoms with van der Waals surface area (Å²) in [6.07, 6.45) is 0.657. The van der Waals surface area contributed by atoms with Crippen molar-refractivity contribution < 1.29 is 14.6 Å². The Kier molecular flexibility index (Phi) is 3.68. The summed E-state index contributed by atoms with van der Waals surface area (Å²) in [7, 11) is 1.28. The minimum absolute atomic E-state index is 0.0139. The highest BCUT2D eigenvalue weighted by Crippen LogP contribution is 2.19. The van der Waals surface area contributed by atoms with Crippen LogP contribution in [-0.4, -0.2) is 24.2 Å². The Labute approximate surface area is 88.7 Å². The molecule has 15 heavy (non-hydrogen) atoms. The zero-order valence-corrected chi connectivity index (χ0v) is 8.86. The van der Waals surface area contributed by atoms with Crippen LogP contribution in [0.2, 0.25) is 0 Å². The molecule has 0 saturated carbocycles. The van der Waals surface area contributed by atoms with Crippen LogP contribution in [0.1, 0.15) is 22.8 Å². The number of rotatable bonds is 3. The third kappa shape index (κ3) is 2.95. The van der Waals surface area contributed by atoms with Crippen molar-refractivity contribution in [1.82, 2.24) is 0 Å². The highest BCUT2D eigenvalue weighted by molar-refractivity contribution is 5.92. The van der Waals surface area contributed by atoms with Crippen molar-refractivity contribution in [2.75, 3.05) is 7.11 Å². The van der Waals surface area contributed by atoms with Crippen molar-refractivity contribution in [3.63, 3.8) is 0 Å². The van der Waals surface area contributed by atoms with Crippen molar-refractivity contribution >= 4 is 5.97 Å². The maximum Gasteiger partial charge on any atom is 0.341 e. The van der Waals surface area contributed by atoms with Gasteiger partial charge in [-0.05, 0) is 31.0 Å². The summed E-state index contributed by atoms with van der Waals surface area (Å²) in [5.74, 6) is -0.616. The van der Waals surface area contributed by atoms with Gasteiger partial charge in [-0.2, -0.15) is 0 Å². The third-order valence-electron chi connectivity index (χ3n) is 2.02. The fourth-order valence-corrected chi connectivity index (χ4v) is 1.36. The van der Waals surface area contributed by atoms with Crippen LogP contribution in [0.25, 0.3) is 0 Å². The number of benzene rings is 1. The first-order valence-electron chi connectivity index (χ1n) is 4.70. The third-order valence-corrected chi connectivity index (χ3v) is 2.02. The summed E-state index contributed by atoms with van der Waals surface area (Å²) in [5.41, 5.74) is 6.72. The van der Waals surface area contributed by atoms with Crippen molar-refractivity contribution in [1.29, 1.82) is 0 Å². The molecule has 4 heteroatoms. The minimum Gasteiger partial charge on any atom is -0.507 e. The molecule has 82 valence electrons. The van der Waals surface area contributed by atoms with Crippen LogP contribution in [0.4, 0.5) is 0 Å². The van der Waals surface area contributed by atoms with E-state index in [4.69, 9.17) is 5.73 Å². The second kappa shape index (κ2) is 4.79. The number of phenolic OH excluding ortho intramolecular Hbond substituents is 1. The molecule has 0 bridgehead atoms. The summed E-state index contributed by atoms with van der Waals surface area (Å²) >= 11 is 0. The van der Waals surface area contributed by atoms with E-state index >= 15 is 0 Å². The molecule has 0 aliphatic rings. The molecule has 0 saturated heterocycles. The molecule has 0 radical (unpaired) electrons. The van der Waals surface area contributed by atoms with E-state index in [1.165, 1.54) is 13.2 Å². The highest BCUT2D eigenvalue weighted by atomic mass is 16.5. The van der Waals surface area contributed by atoms with Crippen LogP contribution >= 0.6 is 0 Å². The molecule has 0 aromatic heterocycles. The number of aromatic hydroxyl groups is 1. The van der Waals surface area contributed by atoms with Crippen LogP contribution < -0.4 is 5.73 Å². The first-order chi connectivity index (χ1) is 7.04. The molecular weight excluding hydrogens is 194 g/mol. The SMILES string of the molecule is COC(=O)c1cc(C[C@H](C)N)ccc1O. The lowest BCUT2D eigenvalue weighted by Crippen LogP contribution is -2.18. The van der Waals surface area contributed by atoms with Crippen LogP contribution in [0, 0.1) is 0 Å². The fraction of sp³-hybridized carbons (Fsp3) is 0.364. The summed E-state index contributed by atoms with van der Waals surface area (Å²) in [4.78, 5) is 11.3. The number of phenols is 1.